The molecule has 4 nitrogen and oxygen atoms in total. The van der Waals surface area contributed by atoms with Crippen molar-refractivity contribution in [1.82, 2.24) is 9.97 Å². The van der Waals surface area contributed by atoms with Gasteiger partial charge in [-0.05, 0) is 38.1 Å². The van der Waals surface area contributed by atoms with Crippen LogP contribution in [0.15, 0.2) is 85.4 Å². The lowest BCUT2D eigenvalue weighted by Crippen LogP contribution is -2.05. The third-order valence-corrected chi connectivity index (χ3v) is 2.60. The van der Waals surface area contributed by atoms with Gasteiger partial charge < -0.3 is 10.6 Å². The predicted molar refractivity (Wildman–Crippen MR) is 95.5 cm³/mol. The van der Waals surface area contributed by atoms with Crippen LogP contribution in [0.4, 0.5) is 11.8 Å². The highest BCUT2D eigenvalue weighted by molar-refractivity contribution is 5.49. The Morgan fingerprint density at radius 2 is 1.95 bits per heavy atom. The SMILES string of the molecule is C=C/C=C\C(=C/C)Nc1ccnc(N/C(C=C)=C/C=C\C)n1. The number of rotatable bonds is 8. The van der Waals surface area contributed by atoms with E-state index in [4.69, 9.17) is 0 Å². The maximum absolute atomic E-state index is 4.42. The lowest BCUT2D eigenvalue weighted by molar-refractivity contribution is 1.15. The van der Waals surface area contributed by atoms with Crippen LogP contribution in [-0.2, 0) is 0 Å². The van der Waals surface area contributed by atoms with Gasteiger partial charge in [0.2, 0.25) is 5.95 Å². The summed E-state index contributed by atoms with van der Waals surface area (Å²) in [5, 5.41) is 6.33. The van der Waals surface area contributed by atoms with E-state index in [2.05, 4.69) is 33.8 Å². The maximum atomic E-state index is 4.42. The molecular formula is C18H22N4. The van der Waals surface area contributed by atoms with Crippen LogP contribution < -0.4 is 10.6 Å². The molecule has 0 radical (unpaired) electrons. The zero-order chi connectivity index (χ0) is 16.2. The second-order valence-corrected chi connectivity index (χ2v) is 4.21. The van der Waals surface area contributed by atoms with Crippen LogP contribution in [0.25, 0.3) is 0 Å². The van der Waals surface area contributed by atoms with Gasteiger partial charge in [-0.2, -0.15) is 4.98 Å². The van der Waals surface area contributed by atoms with Crippen molar-refractivity contribution in [3.05, 3.63) is 85.4 Å². The summed E-state index contributed by atoms with van der Waals surface area (Å²) in [7, 11) is 0. The Morgan fingerprint density at radius 3 is 2.59 bits per heavy atom. The van der Waals surface area contributed by atoms with Gasteiger partial charge in [-0.25, -0.2) is 4.98 Å². The number of hydrogen-bond donors (Lipinski definition) is 2. The first-order chi connectivity index (χ1) is 10.7. The summed E-state index contributed by atoms with van der Waals surface area (Å²) in [6, 6.07) is 1.81. The van der Waals surface area contributed by atoms with Crippen LogP contribution in [0, 0.1) is 0 Å². The Hall–Kier alpha value is -2.88. The minimum absolute atomic E-state index is 0.504. The molecule has 0 fully saturated rings. The molecular weight excluding hydrogens is 272 g/mol. The fraction of sp³-hybridized carbons (Fsp3) is 0.111. The Morgan fingerprint density at radius 1 is 1.14 bits per heavy atom. The Labute approximate surface area is 132 Å². The van der Waals surface area contributed by atoms with Crippen molar-refractivity contribution in [1.29, 1.82) is 0 Å². The Kier molecular flexibility index (Phi) is 7.76. The van der Waals surface area contributed by atoms with Gasteiger partial charge in [-0.1, -0.05) is 43.5 Å². The highest BCUT2D eigenvalue weighted by Gasteiger charge is 2.00. The van der Waals surface area contributed by atoms with Gasteiger partial charge in [0.05, 0.1) is 0 Å². The van der Waals surface area contributed by atoms with Gasteiger partial charge in [-0.15, -0.1) is 0 Å². The first-order valence-corrected chi connectivity index (χ1v) is 7.01. The minimum atomic E-state index is 0.504. The third kappa shape index (κ3) is 6.05. The molecule has 2 N–H and O–H groups in total. The topological polar surface area (TPSA) is 49.8 Å². The summed E-state index contributed by atoms with van der Waals surface area (Å²) >= 11 is 0. The van der Waals surface area contributed by atoms with Gasteiger partial charge >= 0.3 is 0 Å². The standard InChI is InChI=1S/C18H22N4/c1-5-9-11-15(7-3)20-17-13-14-19-18(22-17)21-16(8-4)12-10-6-2/h5-14H,1,4H2,2-3H3,(H2,19,20,21,22)/b10-6-,11-9-,15-7+,16-12+. The monoisotopic (exact) mass is 294 g/mol. The van der Waals surface area contributed by atoms with Gasteiger partial charge in [0, 0.05) is 17.6 Å². The van der Waals surface area contributed by atoms with Gasteiger partial charge in [0.25, 0.3) is 0 Å². The summed E-state index contributed by atoms with van der Waals surface area (Å²) < 4.78 is 0. The molecule has 1 heterocycles. The van der Waals surface area contributed by atoms with E-state index in [1.165, 1.54) is 0 Å². The first kappa shape index (κ1) is 17.2. The summed E-state index contributed by atoms with van der Waals surface area (Å²) in [5.41, 5.74) is 1.76. The van der Waals surface area contributed by atoms with E-state index in [9.17, 15) is 0 Å². The molecule has 0 aliphatic heterocycles. The first-order valence-electron chi connectivity index (χ1n) is 7.01. The summed E-state index contributed by atoms with van der Waals surface area (Å²) in [4.78, 5) is 8.62. The van der Waals surface area contributed by atoms with E-state index in [1.807, 2.05) is 50.3 Å². The molecule has 1 aromatic heterocycles. The zero-order valence-electron chi connectivity index (χ0n) is 13.1. The van der Waals surface area contributed by atoms with Gasteiger partial charge in [0.15, 0.2) is 0 Å². The predicted octanol–water partition coefficient (Wildman–Crippen LogP) is 4.59. The largest absolute Gasteiger partial charge is 0.340 e. The van der Waals surface area contributed by atoms with Crippen LogP contribution in [0.2, 0.25) is 0 Å². The van der Waals surface area contributed by atoms with E-state index in [1.54, 1.807) is 24.4 Å². The van der Waals surface area contributed by atoms with Crippen molar-refractivity contribution in [2.24, 2.45) is 0 Å². The molecule has 0 atom stereocenters. The molecule has 114 valence electrons. The number of nitrogens with zero attached hydrogens (tertiary/aromatic N) is 2. The van der Waals surface area contributed by atoms with E-state index in [0.717, 1.165) is 11.4 Å². The molecule has 0 aliphatic rings. The lowest BCUT2D eigenvalue weighted by atomic mass is 10.3. The molecule has 0 spiro atoms. The quantitative estimate of drug-likeness (QED) is 0.688. The van der Waals surface area contributed by atoms with E-state index in [-0.39, 0.29) is 0 Å². The average molecular weight is 294 g/mol. The van der Waals surface area contributed by atoms with Crippen molar-refractivity contribution in [2.75, 3.05) is 10.6 Å². The van der Waals surface area contributed by atoms with Gasteiger partial charge in [0.1, 0.15) is 5.82 Å². The van der Waals surface area contributed by atoms with Crippen LogP contribution >= 0.6 is 0 Å². The second-order valence-electron chi connectivity index (χ2n) is 4.21. The maximum Gasteiger partial charge on any atom is 0.229 e. The average Bonchev–Trinajstić information content (AvgIpc) is 2.55. The molecule has 0 saturated carbocycles. The highest BCUT2D eigenvalue weighted by atomic mass is 15.1. The van der Waals surface area contributed by atoms with Crippen molar-refractivity contribution in [2.45, 2.75) is 13.8 Å². The lowest BCUT2D eigenvalue weighted by Gasteiger charge is -2.09. The zero-order valence-corrected chi connectivity index (χ0v) is 13.1. The molecule has 0 saturated heterocycles. The smallest absolute Gasteiger partial charge is 0.229 e. The van der Waals surface area contributed by atoms with Crippen LogP contribution in [0.1, 0.15) is 13.8 Å². The van der Waals surface area contributed by atoms with E-state index >= 15 is 0 Å². The fourth-order valence-corrected chi connectivity index (χ4v) is 1.51. The third-order valence-electron chi connectivity index (χ3n) is 2.60. The van der Waals surface area contributed by atoms with Crippen LogP contribution in [0.3, 0.4) is 0 Å². The van der Waals surface area contributed by atoms with Crippen molar-refractivity contribution < 1.29 is 0 Å². The Balaban J connectivity index is 2.87. The van der Waals surface area contributed by atoms with Crippen LogP contribution in [-0.4, -0.2) is 9.97 Å². The molecule has 0 aromatic carbocycles. The van der Waals surface area contributed by atoms with Crippen molar-refractivity contribution in [3.63, 3.8) is 0 Å². The molecule has 4 heteroatoms. The number of aromatic nitrogens is 2. The van der Waals surface area contributed by atoms with E-state index in [0.29, 0.717) is 11.8 Å². The highest BCUT2D eigenvalue weighted by Crippen LogP contribution is 2.11. The molecule has 22 heavy (non-hydrogen) atoms. The van der Waals surface area contributed by atoms with E-state index < -0.39 is 0 Å². The summed E-state index contributed by atoms with van der Waals surface area (Å²) in [5.74, 6) is 1.21. The normalized spacial score (nSPS) is 12.6. The Bertz CT molecular complexity index is 622. The second kappa shape index (κ2) is 9.94. The number of anilines is 2. The van der Waals surface area contributed by atoms with Crippen molar-refractivity contribution in [3.8, 4) is 0 Å². The number of allylic oxidation sites excluding steroid dienone is 8. The number of nitrogens with one attached hydrogen (secondary N) is 2. The minimum Gasteiger partial charge on any atom is -0.340 e. The van der Waals surface area contributed by atoms with Crippen LogP contribution in [0.5, 0.6) is 0 Å². The van der Waals surface area contributed by atoms with Gasteiger partial charge in [-0.3, -0.25) is 0 Å². The molecule has 0 aliphatic carbocycles. The molecule has 1 aromatic rings. The molecule has 0 unspecified atom stereocenters. The summed E-state index contributed by atoms with van der Waals surface area (Å²) in [6.45, 7) is 11.3. The molecule has 0 amide bonds. The fourth-order valence-electron chi connectivity index (χ4n) is 1.51. The summed E-state index contributed by atoms with van der Waals surface area (Å²) in [6.07, 6.45) is 16.6. The number of hydrogen-bond acceptors (Lipinski definition) is 4. The molecule has 0 bridgehead atoms. The van der Waals surface area contributed by atoms with Crippen molar-refractivity contribution >= 4 is 11.8 Å². The molecule has 1 rings (SSSR count).